The highest BCUT2D eigenvalue weighted by Gasteiger charge is 2.15. The van der Waals surface area contributed by atoms with Crippen molar-refractivity contribution < 1.29 is 19.4 Å². The monoisotopic (exact) mass is 384 g/mol. The number of thioether (sulfide) groups is 1. The van der Waals surface area contributed by atoms with Gasteiger partial charge in [-0.1, -0.05) is 23.9 Å². The summed E-state index contributed by atoms with van der Waals surface area (Å²) >= 11 is 1.05. The molecule has 0 atom stereocenters. The van der Waals surface area contributed by atoms with Gasteiger partial charge in [0.2, 0.25) is 0 Å². The largest absolute Gasteiger partial charge is 0.549 e. The van der Waals surface area contributed by atoms with E-state index in [0.717, 1.165) is 28.8 Å². The second-order valence-electron chi connectivity index (χ2n) is 5.70. The van der Waals surface area contributed by atoms with E-state index < -0.39 is 5.97 Å². The highest BCUT2D eigenvalue weighted by Crippen LogP contribution is 2.24. The zero-order valence-corrected chi connectivity index (χ0v) is 15.7. The molecule has 0 aliphatic heterocycles. The summed E-state index contributed by atoms with van der Waals surface area (Å²) in [5.74, 6) is 0.619. The van der Waals surface area contributed by atoms with Gasteiger partial charge in [-0.3, -0.25) is 4.57 Å². The molecule has 27 heavy (non-hydrogen) atoms. The van der Waals surface area contributed by atoms with Gasteiger partial charge in [-0.15, -0.1) is 10.2 Å². The van der Waals surface area contributed by atoms with E-state index in [2.05, 4.69) is 10.2 Å². The Morgan fingerprint density at radius 3 is 2.59 bits per heavy atom. The van der Waals surface area contributed by atoms with Crippen molar-refractivity contribution in [1.29, 1.82) is 0 Å². The summed E-state index contributed by atoms with van der Waals surface area (Å²) in [6.07, 6.45) is 0. The molecule has 0 radical (unpaired) electrons. The first-order valence-electron chi connectivity index (χ1n) is 8.17. The van der Waals surface area contributed by atoms with Crippen molar-refractivity contribution in [3.8, 4) is 17.2 Å². The average Bonchev–Trinajstić information content (AvgIpc) is 3.07. The predicted molar refractivity (Wildman–Crippen MR) is 99.2 cm³/mol. The number of carboxylic acids is 1. The second kappa shape index (κ2) is 8.59. The van der Waals surface area contributed by atoms with Gasteiger partial charge in [0.05, 0.1) is 13.1 Å². The van der Waals surface area contributed by atoms with E-state index in [1.807, 2.05) is 55.5 Å². The molecular weight excluding hydrogens is 366 g/mol. The minimum Gasteiger partial charge on any atom is -0.549 e. The van der Waals surface area contributed by atoms with E-state index in [1.165, 1.54) is 0 Å². The molecule has 0 aliphatic carbocycles. The van der Waals surface area contributed by atoms with Crippen molar-refractivity contribution in [1.82, 2.24) is 14.8 Å². The summed E-state index contributed by atoms with van der Waals surface area (Å²) < 4.78 is 12.8. The van der Waals surface area contributed by atoms with Crippen LogP contribution in [0.1, 0.15) is 11.4 Å². The van der Waals surface area contributed by atoms with E-state index in [0.29, 0.717) is 16.7 Å². The lowest BCUT2D eigenvalue weighted by Gasteiger charge is -2.12. The van der Waals surface area contributed by atoms with Gasteiger partial charge in [0.1, 0.15) is 18.1 Å². The van der Waals surface area contributed by atoms with E-state index in [1.54, 1.807) is 11.7 Å². The molecule has 0 fully saturated rings. The van der Waals surface area contributed by atoms with Crippen LogP contribution >= 0.6 is 11.8 Å². The lowest BCUT2D eigenvalue weighted by Crippen LogP contribution is -2.24. The van der Waals surface area contributed by atoms with Crippen molar-refractivity contribution in [2.75, 3.05) is 12.9 Å². The number of carboxylic acid groups (broad SMARTS) is 1. The van der Waals surface area contributed by atoms with Crippen LogP contribution in [0.5, 0.6) is 11.5 Å². The molecule has 1 heterocycles. The van der Waals surface area contributed by atoms with Crippen LogP contribution in [-0.4, -0.2) is 33.6 Å². The number of aryl methyl sites for hydroxylation is 1. The molecule has 0 spiro atoms. The number of carbonyl (C=O) groups excluding carboxylic acids is 1. The first-order valence-corrected chi connectivity index (χ1v) is 9.16. The highest BCUT2D eigenvalue weighted by atomic mass is 32.2. The van der Waals surface area contributed by atoms with Gasteiger partial charge < -0.3 is 19.4 Å². The molecule has 2 aromatic carbocycles. The van der Waals surface area contributed by atoms with Gasteiger partial charge in [0.15, 0.2) is 11.0 Å². The molecule has 0 saturated heterocycles. The highest BCUT2D eigenvalue weighted by molar-refractivity contribution is 7.99. The molecule has 0 bridgehead atoms. The number of nitrogens with zero attached hydrogens (tertiary/aromatic N) is 3. The maximum absolute atomic E-state index is 10.8. The summed E-state index contributed by atoms with van der Waals surface area (Å²) in [4.78, 5) is 10.8. The Hall–Kier alpha value is -3.00. The fraction of sp³-hybridized carbons (Fsp3) is 0.211. The maximum atomic E-state index is 10.8. The maximum Gasteiger partial charge on any atom is 0.196 e. The smallest absolute Gasteiger partial charge is 0.196 e. The minimum absolute atomic E-state index is 0.189. The average molecular weight is 384 g/mol. The van der Waals surface area contributed by atoms with E-state index in [4.69, 9.17) is 9.47 Å². The fourth-order valence-electron chi connectivity index (χ4n) is 2.45. The second-order valence-corrected chi connectivity index (χ2v) is 6.64. The Morgan fingerprint density at radius 1 is 1.15 bits per heavy atom. The number of carbonyl (C=O) groups is 1. The molecule has 0 aliphatic rings. The third-order valence-corrected chi connectivity index (χ3v) is 4.61. The van der Waals surface area contributed by atoms with Crippen LogP contribution in [0.15, 0.2) is 53.7 Å². The van der Waals surface area contributed by atoms with Crippen molar-refractivity contribution in [2.24, 2.45) is 0 Å². The van der Waals surface area contributed by atoms with Gasteiger partial charge in [-0.25, -0.2) is 0 Å². The zero-order chi connectivity index (χ0) is 19.2. The molecule has 8 heteroatoms. The topological polar surface area (TPSA) is 89.3 Å². The molecule has 1 aromatic heterocycles. The number of ether oxygens (including phenoxy) is 2. The molecular formula is C19H18N3O4S-. The number of rotatable bonds is 8. The fourth-order valence-corrected chi connectivity index (χ4v) is 3.14. The summed E-state index contributed by atoms with van der Waals surface area (Å²) in [7, 11) is 1.59. The zero-order valence-electron chi connectivity index (χ0n) is 14.9. The van der Waals surface area contributed by atoms with Crippen molar-refractivity contribution >= 4 is 17.7 Å². The molecule has 0 N–H and O–H groups in total. The van der Waals surface area contributed by atoms with Crippen molar-refractivity contribution in [3.05, 3.63) is 59.9 Å². The molecule has 0 saturated carbocycles. The number of aromatic nitrogens is 3. The summed E-state index contributed by atoms with van der Waals surface area (Å²) in [5, 5.41) is 19.6. The van der Waals surface area contributed by atoms with Crippen LogP contribution in [0.4, 0.5) is 0 Å². The standard InChI is InChI=1S/C19H19N3O4S/c1-13-4-3-5-16(10-13)26-11-17-20-21-19(27-12-18(23)24)22(17)14-6-8-15(25-2)9-7-14/h3-10H,11-12H2,1-2H3,(H,23,24)/p-1. The SMILES string of the molecule is COc1ccc(-n2c(COc3cccc(C)c3)nnc2SCC(=O)[O-])cc1. The Morgan fingerprint density at radius 2 is 1.93 bits per heavy atom. The molecule has 7 nitrogen and oxygen atoms in total. The van der Waals surface area contributed by atoms with Crippen LogP contribution < -0.4 is 14.6 Å². The Labute approximate surface area is 161 Å². The van der Waals surface area contributed by atoms with Gasteiger partial charge in [0.25, 0.3) is 0 Å². The summed E-state index contributed by atoms with van der Waals surface area (Å²) in [6.45, 7) is 2.18. The predicted octanol–water partition coefficient (Wildman–Crippen LogP) is 2.01. The first-order chi connectivity index (χ1) is 13.1. The molecule has 140 valence electrons. The summed E-state index contributed by atoms with van der Waals surface area (Å²) in [5.41, 5.74) is 1.87. The lowest BCUT2D eigenvalue weighted by molar-refractivity contribution is -0.301. The first kappa shape index (κ1) is 18.8. The molecule has 0 unspecified atom stereocenters. The van der Waals surface area contributed by atoms with E-state index >= 15 is 0 Å². The van der Waals surface area contributed by atoms with Gasteiger partial charge in [0, 0.05) is 11.4 Å². The van der Waals surface area contributed by atoms with Crippen LogP contribution in [0.2, 0.25) is 0 Å². The Bertz CT molecular complexity index is 925. The van der Waals surface area contributed by atoms with E-state index in [-0.39, 0.29) is 12.4 Å². The number of aliphatic carboxylic acids is 1. The van der Waals surface area contributed by atoms with Crippen LogP contribution in [0.3, 0.4) is 0 Å². The third kappa shape index (κ3) is 4.79. The van der Waals surface area contributed by atoms with Crippen LogP contribution in [0.25, 0.3) is 5.69 Å². The lowest BCUT2D eigenvalue weighted by atomic mass is 10.2. The molecule has 0 amide bonds. The Kier molecular flexibility index (Phi) is 5.97. The normalized spacial score (nSPS) is 10.6. The quantitative estimate of drug-likeness (QED) is 0.549. The molecule has 3 rings (SSSR count). The van der Waals surface area contributed by atoms with Gasteiger partial charge in [-0.2, -0.15) is 0 Å². The Balaban J connectivity index is 1.88. The number of methoxy groups -OCH3 is 1. The third-order valence-electron chi connectivity index (χ3n) is 3.71. The van der Waals surface area contributed by atoms with Crippen molar-refractivity contribution in [2.45, 2.75) is 18.7 Å². The van der Waals surface area contributed by atoms with Crippen molar-refractivity contribution in [3.63, 3.8) is 0 Å². The number of hydrogen-bond acceptors (Lipinski definition) is 7. The molecule has 3 aromatic rings. The van der Waals surface area contributed by atoms with Crippen LogP contribution in [0, 0.1) is 6.92 Å². The van der Waals surface area contributed by atoms with Crippen LogP contribution in [-0.2, 0) is 11.4 Å². The van der Waals surface area contributed by atoms with Gasteiger partial charge >= 0.3 is 0 Å². The van der Waals surface area contributed by atoms with E-state index in [9.17, 15) is 9.90 Å². The number of hydrogen-bond donors (Lipinski definition) is 0. The summed E-state index contributed by atoms with van der Waals surface area (Å²) in [6, 6.07) is 15.0. The van der Waals surface area contributed by atoms with Gasteiger partial charge in [-0.05, 0) is 48.9 Å². The minimum atomic E-state index is -1.16. The number of benzene rings is 2.